The zero-order chi connectivity index (χ0) is 23.9. The summed E-state index contributed by atoms with van der Waals surface area (Å²) in [7, 11) is 0. The van der Waals surface area contributed by atoms with E-state index in [0.29, 0.717) is 29.6 Å². The molecule has 0 spiro atoms. The summed E-state index contributed by atoms with van der Waals surface area (Å²) in [5.74, 6) is 1.56. The van der Waals surface area contributed by atoms with Crippen LogP contribution in [-0.2, 0) is 4.79 Å². The first-order chi connectivity index (χ1) is 14.7. The predicted octanol–water partition coefficient (Wildman–Crippen LogP) is 8.05. The van der Waals surface area contributed by atoms with E-state index in [0.717, 1.165) is 37.7 Å². The summed E-state index contributed by atoms with van der Waals surface area (Å²) < 4.78 is 0. The Bertz CT molecular complexity index is 753. The van der Waals surface area contributed by atoms with Crippen molar-refractivity contribution in [2.24, 2.45) is 34.0 Å². The highest BCUT2D eigenvalue weighted by Crippen LogP contribution is 2.62. The molecule has 0 amide bonds. The summed E-state index contributed by atoms with van der Waals surface area (Å²) in [6, 6.07) is 0. The van der Waals surface area contributed by atoms with Gasteiger partial charge < -0.3 is 5.11 Å². The standard InChI is InChI=1S/C30H50O2/c1-21-13-10-16-27(3,4)23(21)20-24(31)22(2)12-9-14-26-29(7)18-11-17-28(5,6)25(29)15-19-30(26,8)32/h12,23,25-26,32H,1,9-11,13-20H2,2-8H3/b22-12-/t23-,25+,26-,29+,30-/m1/s1. The highest BCUT2D eigenvalue weighted by atomic mass is 16.3. The van der Waals surface area contributed by atoms with Crippen LogP contribution in [0.15, 0.2) is 23.8 Å². The number of allylic oxidation sites excluding steroid dienone is 3. The summed E-state index contributed by atoms with van der Waals surface area (Å²) in [6.45, 7) is 20.3. The predicted molar refractivity (Wildman–Crippen MR) is 135 cm³/mol. The van der Waals surface area contributed by atoms with E-state index in [9.17, 15) is 9.90 Å². The van der Waals surface area contributed by atoms with Crippen LogP contribution in [0.4, 0.5) is 0 Å². The topological polar surface area (TPSA) is 37.3 Å². The van der Waals surface area contributed by atoms with Gasteiger partial charge in [0, 0.05) is 6.42 Å². The molecule has 0 aromatic carbocycles. The zero-order valence-corrected chi connectivity index (χ0v) is 22.2. The van der Waals surface area contributed by atoms with Crippen molar-refractivity contribution in [2.75, 3.05) is 0 Å². The molecule has 3 fully saturated rings. The average molecular weight is 443 g/mol. The van der Waals surface area contributed by atoms with E-state index in [2.05, 4.69) is 54.2 Å². The molecule has 3 rings (SSSR count). The Morgan fingerprint density at radius 3 is 2.34 bits per heavy atom. The van der Waals surface area contributed by atoms with E-state index in [1.807, 2.05) is 6.92 Å². The molecule has 0 radical (unpaired) electrons. The average Bonchev–Trinajstić information content (AvgIpc) is 2.65. The maximum absolute atomic E-state index is 13.1. The van der Waals surface area contributed by atoms with Crippen molar-refractivity contribution < 1.29 is 9.90 Å². The number of ketones is 1. The number of Topliss-reactive ketones (excluding diaryl/α,β-unsaturated/α-hetero) is 1. The molecule has 182 valence electrons. The van der Waals surface area contributed by atoms with E-state index in [-0.39, 0.29) is 16.6 Å². The van der Waals surface area contributed by atoms with Crippen LogP contribution >= 0.6 is 0 Å². The molecule has 0 saturated heterocycles. The minimum absolute atomic E-state index is 0.170. The lowest BCUT2D eigenvalue weighted by molar-refractivity contribution is -0.168. The molecule has 0 heterocycles. The van der Waals surface area contributed by atoms with Gasteiger partial charge in [0.25, 0.3) is 0 Å². The van der Waals surface area contributed by atoms with Crippen LogP contribution in [0.3, 0.4) is 0 Å². The van der Waals surface area contributed by atoms with Crippen molar-refractivity contribution in [1.29, 1.82) is 0 Å². The normalized spacial score (nSPS) is 39.4. The number of rotatable bonds is 6. The van der Waals surface area contributed by atoms with Crippen LogP contribution < -0.4 is 0 Å². The van der Waals surface area contributed by atoms with Crippen LogP contribution in [-0.4, -0.2) is 16.5 Å². The Morgan fingerprint density at radius 1 is 1.03 bits per heavy atom. The van der Waals surface area contributed by atoms with Gasteiger partial charge in [-0.3, -0.25) is 4.79 Å². The first kappa shape index (κ1) is 25.7. The molecule has 32 heavy (non-hydrogen) atoms. The molecule has 2 nitrogen and oxygen atoms in total. The van der Waals surface area contributed by atoms with Gasteiger partial charge in [-0.05, 0) is 111 Å². The van der Waals surface area contributed by atoms with Gasteiger partial charge in [0.2, 0.25) is 0 Å². The smallest absolute Gasteiger partial charge is 0.158 e. The molecule has 5 atom stereocenters. The third-order valence-corrected chi connectivity index (χ3v) is 10.3. The van der Waals surface area contributed by atoms with E-state index in [4.69, 9.17) is 0 Å². The maximum atomic E-state index is 13.1. The highest BCUT2D eigenvalue weighted by molar-refractivity contribution is 5.95. The monoisotopic (exact) mass is 442 g/mol. The second-order valence-corrected chi connectivity index (χ2v) is 13.5. The van der Waals surface area contributed by atoms with Crippen LogP contribution in [0, 0.1) is 34.0 Å². The molecule has 0 bridgehead atoms. The fourth-order valence-electron chi connectivity index (χ4n) is 8.28. The molecule has 3 aliphatic carbocycles. The summed E-state index contributed by atoms with van der Waals surface area (Å²) in [4.78, 5) is 13.1. The van der Waals surface area contributed by atoms with E-state index >= 15 is 0 Å². The number of hydrogen-bond acceptors (Lipinski definition) is 2. The molecule has 2 heteroatoms. The van der Waals surface area contributed by atoms with E-state index in [1.54, 1.807) is 0 Å². The number of aliphatic hydroxyl groups is 1. The van der Waals surface area contributed by atoms with Gasteiger partial charge in [-0.2, -0.15) is 0 Å². The number of hydrogen-bond donors (Lipinski definition) is 1. The second kappa shape index (κ2) is 9.05. The largest absolute Gasteiger partial charge is 0.390 e. The first-order valence-electron chi connectivity index (χ1n) is 13.3. The Labute approximate surface area is 198 Å². The number of fused-ring (bicyclic) bond motifs is 1. The van der Waals surface area contributed by atoms with Gasteiger partial charge >= 0.3 is 0 Å². The first-order valence-corrected chi connectivity index (χ1v) is 13.3. The van der Waals surface area contributed by atoms with Crippen molar-refractivity contribution in [3.05, 3.63) is 23.8 Å². The fourth-order valence-corrected chi connectivity index (χ4v) is 8.28. The van der Waals surface area contributed by atoms with Gasteiger partial charge in [0.15, 0.2) is 5.78 Å². The van der Waals surface area contributed by atoms with E-state index < -0.39 is 5.60 Å². The molecule has 0 aromatic rings. The van der Waals surface area contributed by atoms with Crippen molar-refractivity contribution in [3.63, 3.8) is 0 Å². The van der Waals surface area contributed by atoms with Crippen LogP contribution in [0.25, 0.3) is 0 Å². The quantitative estimate of drug-likeness (QED) is 0.334. The fraction of sp³-hybridized carbons (Fsp3) is 0.833. The zero-order valence-electron chi connectivity index (χ0n) is 22.2. The molecule has 3 saturated carbocycles. The second-order valence-electron chi connectivity index (χ2n) is 13.5. The van der Waals surface area contributed by atoms with Gasteiger partial charge in [-0.25, -0.2) is 0 Å². The van der Waals surface area contributed by atoms with Crippen LogP contribution in [0.1, 0.15) is 119 Å². The summed E-state index contributed by atoms with van der Waals surface area (Å²) in [5, 5.41) is 11.4. The Morgan fingerprint density at radius 2 is 1.69 bits per heavy atom. The van der Waals surface area contributed by atoms with Gasteiger partial charge in [-0.1, -0.05) is 59.3 Å². The molecule has 0 aliphatic heterocycles. The summed E-state index contributed by atoms with van der Waals surface area (Å²) in [5.41, 5.74) is 2.29. The third kappa shape index (κ3) is 4.96. The van der Waals surface area contributed by atoms with Crippen molar-refractivity contribution >= 4 is 5.78 Å². The highest BCUT2D eigenvalue weighted by Gasteiger charge is 2.57. The molecular weight excluding hydrogens is 392 g/mol. The van der Waals surface area contributed by atoms with Crippen LogP contribution in [0.5, 0.6) is 0 Å². The van der Waals surface area contributed by atoms with Crippen molar-refractivity contribution in [2.45, 2.75) is 125 Å². The van der Waals surface area contributed by atoms with Gasteiger partial charge in [-0.15, -0.1) is 0 Å². The van der Waals surface area contributed by atoms with E-state index in [1.165, 1.54) is 37.7 Å². The summed E-state index contributed by atoms with van der Waals surface area (Å²) >= 11 is 0. The minimum Gasteiger partial charge on any atom is -0.390 e. The minimum atomic E-state index is -0.603. The van der Waals surface area contributed by atoms with Crippen LogP contribution in [0.2, 0.25) is 0 Å². The Hall–Kier alpha value is -0.890. The van der Waals surface area contributed by atoms with Crippen molar-refractivity contribution in [1.82, 2.24) is 0 Å². The Balaban J connectivity index is 1.68. The molecule has 0 aromatic heterocycles. The SMILES string of the molecule is C=C1CCCC(C)(C)[C@@H]1CC(=O)/C(C)=C\CC[C@@H]1[C@@]2(C)CCCC(C)(C)[C@@H]2CC[C@@]1(C)O. The maximum Gasteiger partial charge on any atom is 0.158 e. The molecule has 0 unspecified atom stereocenters. The Kier molecular flexibility index (Phi) is 7.27. The lowest BCUT2D eigenvalue weighted by atomic mass is 9.45. The summed E-state index contributed by atoms with van der Waals surface area (Å²) in [6.07, 6.45) is 13.9. The lowest BCUT2D eigenvalue weighted by Crippen LogP contribution is -2.57. The molecular formula is C30H50O2. The molecule has 1 N–H and O–H groups in total. The van der Waals surface area contributed by atoms with Gasteiger partial charge in [0.1, 0.15) is 0 Å². The van der Waals surface area contributed by atoms with Crippen molar-refractivity contribution in [3.8, 4) is 0 Å². The number of carbonyl (C=O) groups is 1. The third-order valence-electron chi connectivity index (χ3n) is 10.3. The van der Waals surface area contributed by atoms with Gasteiger partial charge in [0.05, 0.1) is 5.60 Å². The molecule has 3 aliphatic rings. The number of carbonyl (C=O) groups excluding carboxylic acids is 1. The lowest BCUT2D eigenvalue weighted by Gasteiger charge is -2.61.